The molecule has 1 N–H and O–H groups in total. The van der Waals surface area contributed by atoms with Gasteiger partial charge >= 0.3 is 0 Å². The van der Waals surface area contributed by atoms with Crippen LogP contribution < -0.4 is 9.64 Å². The van der Waals surface area contributed by atoms with Crippen molar-refractivity contribution in [3.8, 4) is 5.75 Å². The molecule has 0 aliphatic carbocycles. The van der Waals surface area contributed by atoms with Gasteiger partial charge in [0.05, 0.1) is 18.2 Å². The van der Waals surface area contributed by atoms with Gasteiger partial charge in [-0.1, -0.05) is 17.7 Å². The minimum Gasteiger partial charge on any atom is -0.492 e. The molecule has 3 nitrogen and oxygen atoms in total. The molecule has 0 bridgehead atoms. The lowest BCUT2D eigenvalue weighted by atomic mass is 10.2. The number of hydrogen-bond donors (Lipinski definition) is 1. The quantitative estimate of drug-likeness (QED) is 0.842. The van der Waals surface area contributed by atoms with Crippen molar-refractivity contribution in [1.29, 1.82) is 0 Å². The first-order valence-electron chi connectivity index (χ1n) is 7.42. The second-order valence-corrected chi connectivity index (χ2v) is 6.21. The molecule has 2 unspecified atom stereocenters. The van der Waals surface area contributed by atoms with Crippen molar-refractivity contribution in [2.75, 3.05) is 26.2 Å². The summed E-state index contributed by atoms with van der Waals surface area (Å²) < 4.78 is 11.5. The van der Waals surface area contributed by atoms with E-state index in [2.05, 4.69) is 13.8 Å². The number of quaternary nitrogens is 1. The Morgan fingerprint density at radius 3 is 2.65 bits per heavy atom. The number of rotatable bonds is 5. The predicted molar refractivity (Wildman–Crippen MR) is 81.9 cm³/mol. The molecule has 1 aliphatic heterocycles. The van der Waals surface area contributed by atoms with E-state index in [1.165, 1.54) is 0 Å². The van der Waals surface area contributed by atoms with Gasteiger partial charge in [-0.3, -0.25) is 0 Å². The molecule has 0 spiro atoms. The third-order valence-corrected chi connectivity index (χ3v) is 3.93. The largest absolute Gasteiger partial charge is 0.492 e. The van der Waals surface area contributed by atoms with Crippen LogP contribution in [0.3, 0.4) is 0 Å². The van der Waals surface area contributed by atoms with Crippen molar-refractivity contribution >= 4 is 11.6 Å². The predicted octanol–water partition coefficient (Wildman–Crippen LogP) is 2.11. The van der Waals surface area contributed by atoms with Gasteiger partial charge in [-0.15, -0.1) is 0 Å². The Morgan fingerprint density at radius 1 is 1.30 bits per heavy atom. The molecule has 1 aliphatic rings. The lowest BCUT2D eigenvalue weighted by Crippen LogP contribution is -3.15. The van der Waals surface area contributed by atoms with E-state index in [0.29, 0.717) is 17.2 Å². The molecule has 112 valence electrons. The maximum atomic E-state index is 6.15. The molecule has 0 amide bonds. The molecular weight excluding hydrogens is 274 g/mol. The molecule has 0 saturated carbocycles. The fourth-order valence-corrected chi connectivity index (χ4v) is 3.11. The molecule has 1 aromatic rings. The number of benzene rings is 1. The van der Waals surface area contributed by atoms with Crippen LogP contribution in [0.25, 0.3) is 0 Å². The number of morpholine rings is 1. The standard InChI is InChI=1S/C16H24ClNO2/c1-12-5-6-16(15(17)9-12)19-8-4-7-18-10-13(2)20-14(3)11-18/h5-6,9,13-14H,4,7-8,10-11H2,1-3H3/p+1. The van der Waals surface area contributed by atoms with Crippen LogP contribution in [-0.2, 0) is 4.74 Å². The van der Waals surface area contributed by atoms with Crippen LogP contribution in [0.15, 0.2) is 18.2 Å². The van der Waals surface area contributed by atoms with Crippen molar-refractivity contribution < 1.29 is 14.4 Å². The van der Waals surface area contributed by atoms with E-state index in [1.807, 2.05) is 25.1 Å². The molecule has 1 heterocycles. The summed E-state index contributed by atoms with van der Waals surface area (Å²) in [7, 11) is 0. The van der Waals surface area contributed by atoms with E-state index >= 15 is 0 Å². The van der Waals surface area contributed by atoms with Crippen molar-refractivity contribution in [3.05, 3.63) is 28.8 Å². The van der Waals surface area contributed by atoms with Crippen LogP contribution in [0.1, 0.15) is 25.8 Å². The van der Waals surface area contributed by atoms with Crippen molar-refractivity contribution in [2.45, 2.75) is 39.4 Å². The first-order valence-corrected chi connectivity index (χ1v) is 7.80. The lowest BCUT2D eigenvalue weighted by molar-refractivity contribution is -0.915. The summed E-state index contributed by atoms with van der Waals surface area (Å²) in [5, 5.41) is 0.700. The Hall–Kier alpha value is -0.770. The van der Waals surface area contributed by atoms with Crippen LogP contribution in [0.4, 0.5) is 0 Å². The summed E-state index contributed by atoms with van der Waals surface area (Å²) in [4.78, 5) is 1.61. The summed E-state index contributed by atoms with van der Waals surface area (Å²) >= 11 is 6.15. The number of nitrogens with one attached hydrogen (secondary N) is 1. The van der Waals surface area contributed by atoms with Crippen molar-refractivity contribution in [3.63, 3.8) is 0 Å². The van der Waals surface area contributed by atoms with Gasteiger partial charge in [-0.05, 0) is 38.5 Å². The van der Waals surface area contributed by atoms with Gasteiger partial charge in [-0.2, -0.15) is 0 Å². The molecule has 0 radical (unpaired) electrons. The SMILES string of the molecule is Cc1ccc(OCCC[NH+]2CC(C)OC(C)C2)c(Cl)c1. The Labute approximate surface area is 126 Å². The average molecular weight is 299 g/mol. The van der Waals surface area contributed by atoms with Crippen LogP contribution in [0, 0.1) is 6.92 Å². The molecule has 2 atom stereocenters. The maximum absolute atomic E-state index is 6.15. The Bertz CT molecular complexity index is 428. The highest BCUT2D eigenvalue weighted by molar-refractivity contribution is 6.32. The summed E-state index contributed by atoms with van der Waals surface area (Å²) in [5.74, 6) is 0.788. The summed E-state index contributed by atoms with van der Waals surface area (Å²) in [6.45, 7) is 10.4. The first kappa shape index (κ1) is 15.6. The fraction of sp³-hybridized carbons (Fsp3) is 0.625. The zero-order valence-corrected chi connectivity index (χ0v) is 13.4. The van der Waals surface area contributed by atoms with Crippen LogP contribution in [0.5, 0.6) is 5.75 Å². The van der Waals surface area contributed by atoms with Crippen LogP contribution in [0.2, 0.25) is 5.02 Å². The van der Waals surface area contributed by atoms with Crippen molar-refractivity contribution in [1.82, 2.24) is 0 Å². The van der Waals surface area contributed by atoms with E-state index in [1.54, 1.807) is 4.90 Å². The topological polar surface area (TPSA) is 22.9 Å². The fourth-order valence-electron chi connectivity index (χ4n) is 2.82. The normalized spacial score (nSPS) is 26.5. The average Bonchev–Trinajstić information content (AvgIpc) is 2.35. The zero-order valence-electron chi connectivity index (χ0n) is 12.6. The molecule has 2 rings (SSSR count). The molecule has 1 saturated heterocycles. The van der Waals surface area contributed by atoms with E-state index in [4.69, 9.17) is 21.1 Å². The minimum atomic E-state index is 0.362. The van der Waals surface area contributed by atoms with Crippen molar-refractivity contribution in [2.24, 2.45) is 0 Å². The first-order chi connectivity index (χ1) is 9.54. The van der Waals surface area contributed by atoms with Gasteiger partial charge in [0.2, 0.25) is 0 Å². The summed E-state index contributed by atoms with van der Waals surface area (Å²) in [6, 6.07) is 5.91. The molecule has 4 heteroatoms. The maximum Gasteiger partial charge on any atom is 0.137 e. The van der Waals surface area contributed by atoms with Gasteiger partial charge in [0.15, 0.2) is 0 Å². The molecular formula is C16H25ClNO2+. The minimum absolute atomic E-state index is 0.362. The zero-order chi connectivity index (χ0) is 14.5. The third-order valence-electron chi connectivity index (χ3n) is 3.64. The van der Waals surface area contributed by atoms with Gasteiger partial charge in [0, 0.05) is 6.42 Å². The van der Waals surface area contributed by atoms with Gasteiger partial charge < -0.3 is 14.4 Å². The second kappa shape index (κ2) is 7.30. The van der Waals surface area contributed by atoms with Gasteiger partial charge in [0.25, 0.3) is 0 Å². The highest BCUT2D eigenvalue weighted by Gasteiger charge is 2.24. The number of ether oxygens (including phenoxy) is 2. The molecule has 1 aromatic carbocycles. The highest BCUT2D eigenvalue weighted by atomic mass is 35.5. The van der Waals surface area contributed by atoms with E-state index in [0.717, 1.165) is 44.0 Å². The van der Waals surface area contributed by atoms with Gasteiger partial charge in [-0.25, -0.2) is 0 Å². The molecule has 1 fully saturated rings. The Morgan fingerprint density at radius 2 is 2.00 bits per heavy atom. The summed E-state index contributed by atoms with van der Waals surface area (Å²) in [5.41, 5.74) is 1.16. The van der Waals surface area contributed by atoms with E-state index < -0.39 is 0 Å². The number of halogens is 1. The number of hydrogen-bond acceptors (Lipinski definition) is 2. The smallest absolute Gasteiger partial charge is 0.137 e. The van der Waals surface area contributed by atoms with Crippen LogP contribution in [-0.4, -0.2) is 38.4 Å². The Kier molecular flexibility index (Phi) is 5.70. The Balaban J connectivity index is 1.71. The van der Waals surface area contributed by atoms with Crippen LogP contribution >= 0.6 is 11.6 Å². The number of aryl methyl sites for hydroxylation is 1. The highest BCUT2D eigenvalue weighted by Crippen LogP contribution is 2.25. The van der Waals surface area contributed by atoms with E-state index in [-0.39, 0.29) is 0 Å². The van der Waals surface area contributed by atoms with E-state index in [9.17, 15) is 0 Å². The third kappa shape index (κ3) is 4.65. The summed E-state index contributed by atoms with van der Waals surface area (Å²) in [6.07, 6.45) is 1.77. The molecule has 0 aromatic heterocycles. The van der Waals surface area contributed by atoms with Gasteiger partial charge in [0.1, 0.15) is 31.0 Å². The molecule has 20 heavy (non-hydrogen) atoms. The monoisotopic (exact) mass is 298 g/mol. The second-order valence-electron chi connectivity index (χ2n) is 5.80. The lowest BCUT2D eigenvalue weighted by Gasteiger charge is -2.32.